The van der Waals surface area contributed by atoms with Crippen molar-refractivity contribution in [1.29, 1.82) is 0 Å². The third-order valence-electron chi connectivity index (χ3n) is 7.33. The molecule has 0 spiro atoms. The van der Waals surface area contributed by atoms with Crippen molar-refractivity contribution in [2.45, 2.75) is 58.1 Å². The molecule has 0 saturated carbocycles. The van der Waals surface area contributed by atoms with Crippen molar-refractivity contribution in [1.82, 2.24) is 14.3 Å². The maximum Gasteiger partial charge on any atom is 0.218 e. The minimum absolute atomic E-state index is 0.0555. The summed E-state index contributed by atoms with van der Waals surface area (Å²) < 4.78 is 27.8. The van der Waals surface area contributed by atoms with E-state index < -0.39 is 10.0 Å². The Bertz CT molecular complexity index is 1260. The standard InChI is InChI=1S/C26H34N4O2S2/c1-4-19(3)24-27-25(23-21-11-10-18(2)16-22(21)33-26(23)28-24)29-12-14-30(15-13-29)34(31,32)17-20-8-6-5-7-9-20/h5-9,18-19H,4,10-17H2,1-3H3/t18-,19+/m0/s1. The highest BCUT2D eigenvalue weighted by atomic mass is 32.2. The Morgan fingerprint density at radius 2 is 1.85 bits per heavy atom. The molecule has 2 aromatic heterocycles. The number of sulfonamides is 1. The van der Waals surface area contributed by atoms with Gasteiger partial charge in [0.1, 0.15) is 16.5 Å². The Labute approximate surface area is 207 Å². The smallest absolute Gasteiger partial charge is 0.218 e. The lowest BCUT2D eigenvalue weighted by molar-refractivity contribution is 0.383. The van der Waals surface area contributed by atoms with Gasteiger partial charge in [0.15, 0.2) is 0 Å². The zero-order chi connectivity index (χ0) is 23.9. The van der Waals surface area contributed by atoms with Gasteiger partial charge in [-0.3, -0.25) is 0 Å². The van der Waals surface area contributed by atoms with Gasteiger partial charge in [0.05, 0.1) is 11.1 Å². The normalized spacial score (nSPS) is 20.4. The molecular weight excluding hydrogens is 464 g/mol. The van der Waals surface area contributed by atoms with Crippen LogP contribution in [0.2, 0.25) is 0 Å². The highest BCUT2D eigenvalue weighted by Gasteiger charge is 2.31. The van der Waals surface area contributed by atoms with Crippen molar-refractivity contribution in [3.8, 4) is 0 Å². The maximum atomic E-state index is 13.1. The number of anilines is 1. The molecule has 0 radical (unpaired) electrons. The Kier molecular flexibility index (Phi) is 6.66. The van der Waals surface area contributed by atoms with Crippen LogP contribution in [-0.2, 0) is 28.6 Å². The number of fused-ring (bicyclic) bond motifs is 3. The number of hydrogen-bond donors (Lipinski definition) is 0. The SMILES string of the molecule is CC[C@@H](C)c1nc(N2CCN(S(=O)(=O)Cc3ccccc3)CC2)c2c3c(sc2n1)C[C@@H](C)CC3. The summed E-state index contributed by atoms with van der Waals surface area (Å²) in [5.74, 6) is 3.00. The quantitative estimate of drug-likeness (QED) is 0.479. The molecule has 2 aliphatic rings. The van der Waals surface area contributed by atoms with Crippen LogP contribution in [-0.4, -0.2) is 48.9 Å². The lowest BCUT2D eigenvalue weighted by Crippen LogP contribution is -2.49. The molecule has 8 heteroatoms. The third-order valence-corrected chi connectivity index (χ3v) is 10.3. The first kappa shape index (κ1) is 23.7. The van der Waals surface area contributed by atoms with Crippen molar-refractivity contribution in [2.75, 3.05) is 31.1 Å². The highest BCUT2D eigenvalue weighted by Crippen LogP contribution is 2.42. The Morgan fingerprint density at radius 3 is 2.56 bits per heavy atom. The molecule has 1 aromatic carbocycles. The minimum atomic E-state index is -3.34. The molecule has 34 heavy (non-hydrogen) atoms. The second-order valence-electron chi connectivity index (χ2n) is 9.87. The van der Waals surface area contributed by atoms with E-state index in [-0.39, 0.29) is 5.75 Å². The first-order chi connectivity index (χ1) is 16.4. The Hall–Kier alpha value is -2.03. The summed E-state index contributed by atoms with van der Waals surface area (Å²) >= 11 is 1.85. The topological polar surface area (TPSA) is 66.4 Å². The van der Waals surface area contributed by atoms with E-state index in [0.717, 1.165) is 41.3 Å². The third kappa shape index (κ3) is 4.60. The van der Waals surface area contributed by atoms with E-state index in [0.29, 0.717) is 38.0 Å². The van der Waals surface area contributed by atoms with Gasteiger partial charge in [0.2, 0.25) is 10.0 Å². The minimum Gasteiger partial charge on any atom is -0.353 e. The van der Waals surface area contributed by atoms with Crippen LogP contribution in [0.1, 0.15) is 61.4 Å². The fraction of sp³-hybridized carbons (Fsp3) is 0.538. The van der Waals surface area contributed by atoms with Gasteiger partial charge in [-0.1, -0.05) is 51.1 Å². The van der Waals surface area contributed by atoms with Crippen molar-refractivity contribution in [3.05, 3.63) is 52.2 Å². The van der Waals surface area contributed by atoms with Crippen LogP contribution in [0.4, 0.5) is 5.82 Å². The van der Waals surface area contributed by atoms with E-state index in [1.54, 1.807) is 4.31 Å². The van der Waals surface area contributed by atoms with Crippen molar-refractivity contribution < 1.29 is 8.42 Å². The van der Waals surface area contributed by atoms with Gasteiger partial charge in [0.25, 0.3) is 0 Å². The fourth-order valence-corrected chi connectivity index (χ4v) is 7.93. The molecule has 0 amide bonds. The van der Waals surface area contributed by atoms with Gasteiger partial charge >= 0.3 is 0 Å². The van der Waals surface area contributed by atoms with Crippen LogP contribution in [0.25, 0.3) is 10.2 Å². The molecule has 1 saturated heterocycles. The molecule has 5 rings (SSSR count). The van der Waals surface area contributed by atoms with Gasteiger partial charge in [-0.05, 0) is 42.7 Å². The second kappa shape index (κ2) is 9.55. The number of piperazine rings is 1. The van der Waals surface area contributed by atoms with Gasteiger partial charge in [-0.25, -0.2) is 18.4 Å². The molecule has 0 unspecified atom stereocenters. The molecule has 0 N–H and O–H groups in total. The Balaban J connectivity index is 1.43. The second-order valence-corrected chi connectivity index (χ2v) is 12.9. The number of benzene rings is 1. The van der Waals surface area contributed by atoms with Crippen LogP contribution in [0, 0.1) is 5.92 Å². The first-order valence-corrected chi connectivity index (χ1v) is 14.9. The molecule has 0 bridgehead atoms. The summed E-state index contributed by atoms with van der Waals surface area (Å²) in [6.07, 6.45) is 4.41. The van der Waals surface area contributed by atoms with Gasteiger partial charge < -0.3 is 4.90 Å². The zero-order valence-electron chi connectivity index (χ0n) is 20.3. The fourth-order valence-electron chi connectivity index (χ4n) is 5.03. The van der Waals surface area contributed by atoms with Crippen LogP contribution >= 0.6 is 11.3 Å². The van der Waals surface area contributed by atoms with E-state index in [9.17, 15) is 8.42 Å². The van der Waals surface area contributed by atoms with Gasteiger partial charge in [0, 0.05) is 37.0 Å². The molecule has 182 valence electrons. The van der Waals surface area contributed by atoms with Gasteiger partial charge in [-0.2, -0.15) is 4.31 Å². The number of aryl methyl sites for hydroxylation is 1. The average molecular weight is 499 g/mol. The van der Waals surface area contributed by atoms with Crippen molar-refractivity contribution in [2.24, 2.45) is 5.92 Å². The van der Waals surface area contributed by atoms with Crippen molar-refractivity contribution >= 4 is 37.4 Å². The molecule has 6 nitrogen and oxygen atoms in total. The van der Waals surface area contributed by atoms with E-state index >= 15 is 0 Å². The summed E-state index contributed by atoms with van der Waals surface area (Å²) in [6.45, 7) is 8.98. The van der Waals surface area contributed by atoms with Crippen LogP contribution in [0.5, 0.6) is 0 Å². The van der Waals surface area contributed by atoms with Crippen LogP contribution < -0.4 is 4.90 Å². The van der Waals surface area contributed by atoms with Crippen LogP contribution in [0.3, 0.4) is 0 Å². The van der Waals surface area contributed by atoms with Crippen molar-refractivity contribution in [3.63, 3.8) is 0 Å². The van der Waals surface area contributed by atoms with E-state index in [1.807, 2.05) is 41.7 Å². The predicted molar refractivity (Wildman–Crippen MR) is 140 cm³/mol. The van der Waals surface area contributed by atoms with E-state index in [2.05, 4.69) is 25.7 Å². The number of thiophene rings is 1. The summed E-state index contributed by atoms with van der Waals surface area (Å²) in [4.78, 5) is 15.0. The lowest BCUT2D eigenvalue weighted by atomic mass is 9.89. The van der Waals surface area contributed by atoms with E-state index in [4.69, 9.17) is 9.97 Å². The largest absolute Gasteiger partial charge is 0.353 e. The van der Waals surface area contributed by atoms with Gasteiger partial charge in [-0.15, -0.1) is 11.3 Å². The maximum absolute atomic E-state index is 13.1. The monoisotopic (exact) mass is 498 g/mol. The first-order valence-electron chi connectivity index (χ1n) is 12.4. The summed E-state index contributed by atoms with van der Waals surface area (Å²) in [5.41, 5.74) is 2.27. The number of hydrogen-bond acceptors (Lipinski definition) is 6. The molecule has 1 aliphatic carbocycles. The number of nitrogens with zero attached hydrogens (tertiary/aromatic N) is 4. The summed E-state index contributed by atoms with van der Waals surface area (Å²) in [5, 5.41) is 1.22. The van der Waals surface area contributed by atoms with E-state index in [1.165, 1.54) is 22.2 Å². The molecule has 1 aliphatic heterocycles. The summed E-state index contributed by atoms with van der Waals surface area (Å²) in [7, 11) is -3.34. The molecular formula is C26H34N4O2S2. The summed E-state index contributed by atoms with van der Waals surface area (Å²) in [6, 6.07) is 9.44. The average Bonchev–Trinajstić information content (AvgIpc) is 3.20. The number of rotatable bonds is 6. The molecule has 3 aromatic rings. The predicted octanol–water partition coefficient (Wildman–Crippen LogP) is 4.98. The molecule has 1 fully saturated rings. The lowest BCUT2D eigenvalue weighted by Gasteiger charge is -2.35. The highest BCUT2D eigenvalue weighted by molar-refractivity contribution is 7.88. The molecule has 3 heterocycles. The molecule has 2 atom stereocenters. The Morgan fingerprint density at radius 1 is 1.12 bits per heavy atom. The number of aromatic nitrogens is 2. The van der Waals surface area contributed by atoms with Crippen LogP contribution in [0.15, 0.2) is 30.3 Å². The zero-order valence-corrected chi connectivity index (χ0v) is 22.0.